The molecule has 13 heavy (non-hydrogen) atoms. The van der Waals surface area contributed by atoms with Gasteiger partial charge >= 0.3 is 0 Å². The summed E-state index contributed by atoms with van der Waals surface area (Å²) in [7, 11) is 0. The SMILES string of the molecule is CC(C)OCC(=O)NOC(C)(C)C. The second-order valence-corrected chi connectivity index (χ2v) is 4.10. The standard InChI is InChI=1S/C9H19NO3/c1-7(2)12-6-8(11)10-13-9(3,4)5/h7H,6H2,1-5H3,(H,10,11). The molecule has 0 aliphatic rings. The molecule has 0 spiro atoms. The van der Waals surface area contributed by atoms with Gasteiger partial charge in [0.2, 0.25) is 0 Å². The predicted molar refractivity (Wildman–Crippen MR) is 50.1 cm³/mol. The Kier molecular flexibility index (Phi) is 4.95. The van der Waals surface area contributed by atoms with E-state index in [-0.39, 0.29) is 24.2 Å². The van der Waals surface area contributed by atoms with Crippen molar-refractivity contribution in [2.75, 3.05) is 6.61 Å². The third kappa shape index (κ3) is 9.30. The van der Waals surface area contributed by atoms with Crippen molar-refractivity contribution in [2.24, 2.45) is 0 Å². The van der Waals surface area contributed by atoms with E-state index in [0.29, 0.717) is 0 Å². The van der Waals surface area contributed by atoms with Gasteiger partial charge in [0.15, 0.2) is 0 Å². The Balaban J connectivity index is 3.53. The van der Waals surface area contributed by atoms with Crippen LogP contribution >= 0.6 is 0 Å². The van der Waals surface area contributed by atoms with Gasteiger partial charge in [0.05, 0.1) is 11.7 Å². The fraction of sp³-hybridized carbons (Fsp3) is 0.889. The number of hydrogen-bond donors (Lipinski definition) is 1. The summed E-state index contributed by atoms with van der Waals surface area (Å²) in [6.07, 6.45) is 0.0559. The highest BCUT2D eigenvalue weighted by Crippen LogP contribution is 2.03. The average molecular weight is 189 g/mol. The number of carbonyl (C=O) groups excluding carboxylic acids is 1. The number of hydroxylamine groups is 1. The van der Waals surface area contributed by atoms with Crippen LogP contribution in [0.3, 0.4) is 0 Å². The van der Waals surface area contributed by atoms with Crippen LogP contribution in [0, 0.1) is 0 Å². The zero-order chi connectivity index (χ0) is 10.5. The molecule has 78 valence electrons. The minimum absolute atomic E-state index is 0.0355. The molecule has 0 aromatic carbocycles. The molecule has 4 nitrogen and oxygen atoms in total. The van der Waals surface area contributed by atoms with Crippen LogP contribution in [0.25, 0.3) is 0 Å². The van der Waals surface area contributed by atoms with Crippen molar-refractivity contribution in [1.82, 2.24) is 5.48 Å². The number of carbonyl (C=O) groups is 1. The molecule has 0 aromatic heterocycles. The van der Waals surface area contributed by atoms with Crippen LogP contribution in [-0.2, 0) is 14.4 Å². The van der Waals surface area contributed by atoms with E-state index in [1.807, 2.05) is 34.6 Å². The first-order valence-corrected chi connectivity index (χ1v) is 4.40. The lowest BCUT2D eigenvalue weighted by atomic mass is 10.2. The third-order valence-corrected chi connectivity index (χ3v) is 1.02. The number of nitrogens with one attached hydrogen (secondary N) is 1. The van der Waals surface area contributed by atoms with Gasteiger partial charge in [0, 0.05) is 0 Å². The molecule has 0 atom stereocenters. The van der Waals surface area contributed by atoms with Crippen molar-refractivity contribution in [2.45, 2.75) is 46.3 Å². The van der Waals surface area contributed by atoms with E-state index in [0.717, 1.165) is 0 Å². The molecule has 1 N–H and O–H groups in total. The van der Waals surface area contributed by atoms with Crippen molar-refractivity contribution in [3.63, 3.8) is 0 Å². The molecule has 0 aliphatic carbocycles. The van der Waals surface area contributed by atoms with Crippen LogP contribution in [0.4, 0.5) is 0 Å². The maximum absolute atomic E-state index is 11.0. The minimum atomic E-state index is -0.368. The van der Waals surface area contributed by atoms with Crippen LogP contribution in [0.5, 0.6) is 0 Å². The molecule has 0 aliphatic heterocycles. The molecule has 0 saturated carbocycles. The number of hydrogen-bond acceptors (Lipinski definition) is 3. The first-order valence-electron chi connectivity index (χ1n) is 4.40. The monoisotopic (exact) mass is 189 g/mol. The Labute approximate surface area is 79.6 Å². The first kappa shape index (κ1) is 12.4. The fourth-order valence-electron chi connectivity index (χ4n) is 0.482. The quantitative estimate of drug-likeness (QED) is 0.677. The molecule has 0 bridgehead atoms. The van der Waals surface area contributed by atoms with Crippen LogP contribution in [0.15, 0.2) is 0 Å². The van der Waals surface area contributed by atoms with Crippen LogP contribution in [0.1, 0.15) is 34.6 Å². The van der Waals surface area contributed by atoms with E-state index in [1.54, 1.807) is 0 Å². The largest absolute Gasteiger partial charge is 0.369 e. The van der Waals surface area contributed by atoms with Crippen LogP contribution in [0.2, 0.25) is 0 Å². The van der Waals surface area contributed by atoms with Crippen molar-refractivity contribution < 1.29 is 14.4 Å². The van der Waals surface area contributed by atoms with Gasteiger partial charge in [-0.1, -0.05) is 0 Å². The summed E-state index contributed by atoms with van der Waals surface area (Å²) in [5.41, 5.74) is 1.95. The summed E-state index contributed by atoms with van der Waals surface area (Å²) in [6.45, 7) is 9.35. The van der Waals surface area contributed by atoms with Gasteiger partial charge < -0.3 is 4.74 Å². The molecule has 0 radical (unpaired) electrons. The summed E-state index contributed by atoms with van der Waals surface area (Å²) in [4.78, 5) is 16.1. The highest BCUT2D eigenvalue weighted by atomic mass is 16.7. The molecule has 0 saturated heterocycles. The van der Waals surface area contributed by atoms with Gasteiger partial charge in [-0.05, 0) is 34.6 Å². The molecule has 1 amide bonds. The molecule has 0 aromatic rings. The minimum Gasteiger partial charge on any atom is -0.369 e. The summed E-state index contributed by atoms with van der Waals surface area (Å²) in [5.74, 6) is -0.261. The average Bonchev–Trinajstić information content (AvgIpc) is 1.95. The second kappa shape index (κ2) is 5.19. The lowest BCUT2D eigenvalue weighted by Crippen LogP contribution is -2.36. The van der Waals surface area contributed by atoms with Gasteiger partial charge in [-0.3, -0.25) is 9.63 Å². The highest BCUT2D eigenvalue weighted by molar-refractivity contribution is 5.76. The maximum Gasteiger partial charge on any atom is 0.269 e. The Hall–Kier alpha value is -0.610. The van der Waals surface area contributed by atoms with Gasteiger partial charge in [-0.25, -0.2) is 5.48 Å². The predicted octanol–water partition coefficient (Wildman–Crippen LogP) is 1.26. The molecule has 0 heterocycles. The zero-order valence-corrected chi connectivity index (χ0v) is 9.01. The van der Waals surface area contributed by atoms with Gasteiger partial charge in [0.25, 0.3) is 5.91 Å². The van der Waals surface area contributed by atoms with Crippen molar-refractivity contribution >= 4 is 5.91 Å². The van der Waals surface area contributed by atoms with Gasteiger partial charge in [-0.15, -0.1) is 0 Å². The number of amides is 1. The lowest BCUT2D eigenvalue weighted by Gasteiger charge is -2.19. The van der Waals surface area contributed by atoms with Crippen LogP contribution < -0.4 is 5.48 Å². The summed E-state index contributed by atoms with van der Waals surface area (Å²) in [5, 5.41) is 0. The van der Waals surface area contributed by atoms with Crippen molar-refractivity contribution in [1.29, 1.82) is 0 Å². The molecule has 4 heteroatoms. The topological polar surface area (TPSA) is 47.6 Å². The maximum atomic E-state index is 11.0. The molecule has 0 fully saturated rings. The fourth-order valence-corrected chi connectivity index (χ4v) is 0.482. The molecular weight excluding hydrogens is 170 g/mol. The van der Waals surface area contributed by atoms with E-state index in [4.69, 9.17) is 9.57 Å². The highest BCUT2D eigenvalue weighted by Gasteiger charge is 2.12. The molecular formula is C9H19NO3. The number of ether oxygens (including phenoxy) is 1. The Morgan fingerprint density at radius 3 is 2.31 bits per heavy atom. The van der Waals surface area contributed by atoms with Crippen molar-refractivity contribution in [3.05, 3.63) is 0 Å². The van der Waals surface area contributed by atoms with Gasteiger partial charge in [0.1, 0.15) is 6.61 Å². The summed E-state index contributed by atoms with van der Waals surface area (Å²) in [6, 6.07) is 0. The Morgan fingerprint density at radius 1 is 1.38 bits per heavy atom. The van der Waals surface area contributed by atoms with Crippen molar-refractivity contribution in [3.8, 4) is 0 Å². The number of rotatable bonds is 4. The van der Waals surface area contributed by atoms with E-state index in [9.17, 15) is 4.79 Å². The molecule has 0 unspecified atom stereocenters. The smallest absolute Gasteiger partial charge is 0.269 e. The van der Waals surface area contributed by atoms with E-state index in [1.165, 1.54) is 0 Å². The first-order chi connectivity index (χ1) is 5.81. The Morgan fingerprint density at radius 2 is 1.92 bits per heavy atom. The van der Waals surface area contributed by atoms with E-state index in [2.05, 4.69) is 5.48 Å². The lowest BCUT2D eigenvalue weighted by molar-refractivity contribution is -0.151. The van der Waals surface area contributed by atoms with Crippen LogP contribution in [-0.4, -0.2) is 24.2 Å². The third-order valence-electron chi connectivity index (χ3n) is 1.02. The summed E-state index contributed by atoms with van der Waals surface area (Å²) >= 11 is 0. The Bertz CT molecular complexity index is 161. The normalized spacial score (nSPS) is 11.8. The molecule has 0 rings (SSSR count). The summed E-state index contributed by atoms with van der Waals surface area (Å²) < 4.78 is 5.08. The van der Waals surface area contributed by atoms with E-state index < -0.39 is 0 Å². The van der Waals surface area contributed by atoms with Gasteiger partial charge in [-0.2, -0.15) is 0 Å². The second-order valence-electron chi connectivity index (χ2n) is 4.10. The zero-order valence-electron chi connectivity index (χ0n) is 9.01. The van der Waals surface area contributed by atoms with E-state index >= 15 is 0 Å².